The van der Waals surface area contributed by atoms with Crippen molar-refractivity contribution in [1.82, 2.24) is 0 Å². The number of benzene rings is 1. The van der Waals surface area contributed by atoms with Crippen LogP contribution in [0.3, 0.4) is 0 Å². The third-order valence-electron chi connectivity index (χ3n) is 4.02. The second-order valence-electron chi connectivity index (χ2n) is 4.90. The van der Waals surface area contributed by atoms with E-state index in [9.17, 15) is 4.79 Å². The summed E-state index contributed by atoms with van der Waals surface area (Å²) in [6, 6.07) is 3.96. The van der Waals surface area contributed by atoms with Gasteiger partial charge >= 0.3 is 5.97 Å². The molecular weight excluding hydrogens is 607 g/mol. The molecule has 0 aliphatic carbocycles. The summed E-state index contributed by atoms with van der Waals surface area (Å²) in [6.45, 7) is 11.2. The molecule has 0 saturated heterocycles. The molecule has 3 nitrogen and oxygen atoms in total. The Bertz CT molecular complexity index is 494. The molecule has 21 heavy (non-hydrogen) atoms. The quantitative estimate of drug-likeness (QED) is 0.192. The van der Waals surface area contributed by atoms with Crippen LogP contribution in [0.5, 0.6) is 0 Å². The number of likely N-dealkylation sites (N-methyl/N-ethyl adjacent to an activating group) is 1. The van der Waals surface area contributed by atoms with E-state index in [4.69, 9.17) is 4.74 Å². The van der Waals surface area contributed by atoms with Crippen molar-refractivity contribution in [2.24, 2.45) is 0 Å². The van der Waals surface area contributed by atoms with Crippen LogP contribution in [0.2, 0.25) is 0 Å². The first-order chi connectivity index (χ1) is 9.89. The Balaban J connectivity index is 2.71. The monoisotopic (exact) mass is 628 g/mol. The van der Waals surface area contributed by atoms with Gasteiger partial charge in [-0.15, -0.1) is 0 Å². The number of carbonyl (C=O) groups excluding carboxylic acids is 1. The smallest absolute Gasteiger partial charge is 0.339 e. The van der Waals surface area contributed by atoms with Crippen molar-refractivity contribution < 1.29 is 14.0 Å². The van der Waals surface area contributed by atoms with Gasteiger partial charge in [-0.3, -0.25) is 0 Å². The summed E-state index contributed by atoms with van der Waals surface area (Å²) in [6.07, 6.45) is 0. The third-order valence-corrected chi connectivity index (χ3v) is 7.69. The Morgan fingerprint density at radius 3 is 2.19 bits per heavy atom. The minimum atomic E-state index is -0.211. The van der Waals surface area contributed by atoms with Crippen molar-refractivity contribution in [1.29, 1.82) is 0 Å². The fraction of sp³-hybridized carbons (Fsp3) is 0.533. The molecule has 1 aromatic rings. The highest BCUT2D eigenvalue weighted by Gasteiger charge is 2.22. The molecule has 118 valence electrons. The molecule has 0 spiro atoms. The van der Waals surface area contributed by atoms with Crippen molar-refractivity contribution in [2.75, 3.05) is 32.8 Å². The van der Waals surface area contributed by atoms with Crippen LogP contribution in [-0.2, 0) is 4.74 Å². The van der Waals surface area contributed by atoms with Gasteiger partial charge in [-0.25, -0.2) is 4.79 Å². The van der Waals surface area contributed by atoms with E-state index in [1.165, 1.54) is 0 Å². The topological polar surface area (TPSA) is 26.3 Å². The molecule has 1 aromatic carbocycles. The highest BCUT2D eigenvalue weighted by molar-refractivity contribution is 14.1. The van der Waals surface area contributed by atoms with Crippen LogP contribution in [0.4, 0.5) is 0 Å². The summed E-state index contributed by atoms with van der Waals surface area (Å²) < 4.78 is 9.63. The Hall–Kier alpha value is 0.840. The molecule has 0 unspecified atom stereocenters. The lowest BCUT2D eigenvalue weighted by Crippen LogP contribution is -2.49. The summed E-state index contributed by atoms with van der Waals surface area (Å²) in [5.74, 6) is -0.211. The lowest BCUT2D eigenvalue weighted by molar-refractivity contribution is -0.923. The van der Waals surface area contributed by atoms with Gasteiger partial charge in [-0.2, -0.15) is 0 Å². The first-order valence-electron chi connectivity index (χ1n) is 7.05. The van der Waals surface area contributed by atoms with E-state index in [1.54, 1.807) is 0 Å². The van der Waals surface area contributed by atoms with Crippen LogP contribution in [0, 0.1) is 10.7 Å². The van der Waals surface area contributed by atoms with Gasteiger partial charge in [0, 0.05) is 10.7 Å². The molecular formula is C15H21I3NO2+. The maximum absolute atomic E-state index is 12.3. The summed E-state index contributed by atoms with van der Waals surface area (Å²) in [5.41, 5.74) is 0.675. The van der Waals surface area contributed by atoms with Crippen LogP contribution >= 0.6 is 67.8 Å². The Labute approximate surface area is 168 Å². The number of hydrogen-bond donors (Lipinski definition) is 0. The van der Waals surface area contributed by atoms with E-state index >= 15 is 0 Å². The molecule has 0 bridgehead atoms. The van der Waals surface area contributed by atoms with Gasteiger partial charge in [0.2, 0.25) is 0 Å². The van der Waals surface area contributed by atoms with E-state index < -0.39 is 0 Å². The van der Waals surface area contributed by atoms with Gasteiger partial charge in [0.05, 0.1) is 25.2 Å². The summed E-state index contributed by atoms with van der Waals surface area (Å²) in [4.78, 5) is 12.3. The molecule has 0 aromatic heterocycles. The molecule has 0 heterocycles. The number of ether oxygens (including phenoxy) is 1. The molecule has 0 saturated carbocycles. The predicted molar refractivity (Wildman–Crippen MR) is 112 cm³/mol. The van der Waals surface area contributed by atoms with Gasteiger partial charge < -0.3 is 9.22 Å². The molecule has 6 heteroatoms. The van der Waals surface area contributed by atoms with E-state index in [2.05, 4.69) is 94.6 Å². The zero-order valence-electron chi connectivity index (χ0n) is 12.6. The average molecular weight is 628 g/mol. The lowest BCUT2D eigenvalue weighted by atomic mass is 10.2. The Morgan fingerprint density at radius 2 is 1.67 bits per heavy atom. The maximum atomic E-state index is 12.3. The minimum absolute atomic E-state index is 0.211. The zero-order valence-corrected chi connectivity index (χ0v) is 19.1. The molecule has 0 atom stereocenters. The van der Waals surface area contributed by atoms with E-state index in [1.807, 2.05) is 6.07 Å². The molecule has 0 aliphatic heterocycles. The largest absolute Gasteiger partial charge is 0.456 e. The zero-order chi connectivity index (χ0) is 16.0. The molecule has 0 aliphatic rings. The van der Waals surface area contributed by atoms with Crippen LogP contribution in [0.15, 0.2) is 12.1 Å². The predicted octanol–water partition coefficient (Wildman–Crippen LogP) is 4.53. The second-order valence-corrected chi connectivity index (χ2v) is 8.39. The minimum Gasteiger partial charge on any atom is -0.456 e. The molecule has 0 radical (unpaired) electrons. The summed E-state index contributed by atoms with van der Waals surface area (Å²) >= 11 is 6.70. The fourth-order valence-electron chi connectivity index (χ4n) is 2.26. The normalized spacial score (nSPS) is 11.5. The van der Waals surface area contributed by atoms with Crippen LogP contribution < -0.4 is 0 Å². The van der Waals surface area contributed by atoms with Crippen molar-refractivity contribution in [3.8, 4) is 0 Å². The fourth-order valence-corrected chi connectivity index (χ4v) is 4.64. The average Bonchev–Trinajstić information content (AvgIpc) is 2.47. The SMILES string of the molecule is CC[N+](CC)(CC)CCOC(=O)c1cc(I)cc(I)c1I. The van der Waals surface area contributed by atoms with Gasteiger partial charge in [0.1, 0.15) is 13.2 Å². The number of hydrogen-bond acceptors (Lipinski definition) is 2. The summed E-state index contributed by atoms with van der Waals surface area (Å²) in [7, 11) is 0. The maximum Gasteiger partial charge on any atom is 0.339 e. The molecule has 0 N–H and O–H groups in total. The first kappa shape index (κ1) is 19.9. The van der Waals surface area contributed by atoms with Crippen molar-refractivity contribution >= 4 is 73.7 Å². The molecule has 0 amide bonds. The van der Waals surface area contributed by atoms with Gasteiger partial charge in [-0.1, -0.05) is 0 Å². The van der Waals surface area contributed by atoms with E-state index in [-0.39, 0.29) is 5.97 Å². The van der Waals surface area contributed by atoms with Gasteiger partial charge in [-0.05, 0) is 101 Å². The van der Waals surface area contributed by atoms with Crippen molar-refractivity contribution in [3.63, 3.8) is 0 Å². The number of rotatable bonds is 7. The summed E-state index contributed by atoms with van der Waals surface area (Å²) in [5, 5.41) is 0. The van der Waals surface area contributed by atoms with Crippen LogP contribution in [0.1, 0.15) is 31.1 Å². The number of quaternary nitrogens is 1. The van der Waals surface area contributed by atoms with Crippen LogP contribution in [-0.4, -0.2) is 43.2 Å². The van der Waals surface area contributed by atoms with Gasteiger partial charge in [0.15, 0.2) is 0 Å². The highest BCUT2D eigenvalue weighted by Crippen LogP contribution is 2.23. The Morgan fingerprint density at radius 1 is 1.10 bits per heavy atom. The van der Waals surface area contributed by atoms with Crippen LogP contribution in [0.25, 0.3) is 0 Å². The number of halogens is 3. The van der Waals surface area contributed by atoms with E-state index in [0.717, 1.165) is 41.4 Å². The second kappa shape index (κ2) is 9.21. The number of carbonyl (C=O) groups is 1. The lowest BCUT2D eigenvalue weighted by Gasteiger charge is -2.35. The highest BCUT2D eigenvalue weighted by atomic mass is 127. The van der Waals surface area contributed by atoms with E-state index in [0.29, 0.717) is 12.2 Å². The first-order valence-corrected chi connectivity index (χ1v) is 10.3. The van der Waals surface area contributed by atoms with Gasteiger partial charge in [0.25, 0.3) is 0 Å². The van der Waals surface area contributed by atoms with Crippen molar-refractivity contribution in [2.45, 2.75) is 20.8 Å². The number of nitrogens with zero attached hydrogens (tertiary/aromatic N) is 1. The molecule has 0 fully saturated rings. The van der Waals surface area contributed by atoms with Crippen molar-refractivity contribution in [3.05, 3.63) is 28.4 Å². The third kappa shape index (κ3) is 5.45. The molecule has 1 rings (SSSR count). The number of esters is 1. The standard InChI is InChI=1S/C15H21I3NO2/c1-4-19(5-2,6-3)7-8-21-15(20)12-9-11(16)10-13(17)14(12)18/h9-10H,4-8H2,1-3H3/q+1. The Kier molecular flexibility index (Phi) is 8.72.